The maximum Gasteiger partial charge on any atom is 0.241 e. The maximum absolute atomic E-state index is 14.9. The lowest BCUT2D eigenvalue weighted by Crippen LogP contribution is -2.19. The number of fused-ring (bicyclic) bond motifs is 1. The summed E-state index contributed by atoms with van der Waals surface area (Å²) in [6, 6.07) is 3.94. The largest absolute Gasteiger partial charge is 0.479 e. The fourth-order valence-electron chi connectivity index (χ4n) is 2.80. The number of H-pyrrole nitrogens is 1. The van der Waals surface area contributed by atoms with E-state index in [2.05, 4.69) is 15.2 Å². The summed E-state index contributed by atoms with van der Waals surface area (Å²) in [6.45, 7) is -0.826. The van der Waals surface area contributed by atoms with Crippen molar-refractivity contribution in [2.45, 2.75) is 12.8 Å². The lowest BCUT2D eigenvalue weighted by Gasteiger charge is -2.12. The number of methoxy groups -OCH3 is 1. The molecular formula is C18H17ClF2N4O4S. The highest BCUT2D eigenvalue weighted by Gasteiger charge is 2.22. The zero-order chi connectivity index (χ0) is 21.9. The van der Waals surface area contributed by atoms with Gasteiger partial charge in [-0.05, 0) is 30.2 Å². The van der Waals surface area contributed by atoms with Crippen LogP contribution in [0.2, 0.25) is 5.02 Å². The molecule has 0 atom stereocenters. The Bertz CT molecular complexity index is 1200. The van der Waals surface area contributed by atoms with Gasteiger partial charge in [-0.1, -0.05) is 11.6 Å². The second kappa shape index (κ2) is 8.92. The van der Waals surface area contributed by atoms with Crippen molar-refractivity contribution in [1.29, 1.82) is 0 Å². The van der Waals surface area contributed by atoms with Crippen molar-refractivity contribution in [2.24, 2.45) is 0 Å². The summed E-state index contributed by atoms with van der Waals surface area (Å²) in [5.41, 5.74) is 0.0156. The molecule has 0 bridgehead atoms. The highest BCUT2D eigenvalue weighted by Crippen LogP contribution is 2.28. The van der Waals surface area contributed by atoms with Crippen LogP contribution in [0.25, 0.3) is 11.0 Å². The van der Waals surface area contributed by atoms with Crippen LogP contribution in [-0.4, -0.2) is 48.9 Å². The number of nitrogens with zero attached hydrogens (tertiary/aromatic N) is 2. The number of nitrogens with one attached hydrogen (secondary N) is 2. The van der Waals surface area contributed by atoms with Crippen LogP contribution in [0.4, 0.5) is 14.5 Å². The minimum Gasteiger partial charge on any atom is -0.479 e. The van der Waals surface area contributed by atoms with Crippen LogP contribution in [0, 0.1) is 5.82 Å². The summed E-state index contributed by atoms with van der Waals surface area (Å²) in [7, 11) is -2.54. The Balaban J connectivity index is 1.88. The second-order valence-electron chi connectivity index (χ2n) is 6.32. The lowest BCUT2D eigenvalue weighted by atomic mass is 10.0. The van der Waals surface area contributed by atoms with E-state index in [4.69, 9.17) is 16.3 Å². The monoisotopic (exact) mass is 458 g/mol. The SMILES string of the molecule is COc1n[nH]c2ncc(CC(=O)c3c(Cl)ccc(NS(=O)(=O)CCCF)c3F)cc12. The molecule has 2 heterocycles. The number of hydrogen-bond donors (Lipinski definition) is 2. The molecule has 0 saturated heterocycles. The molecule has 0 aliphatic rings. The fourth-order valence-corrected chi connectivity index (χ4v) is 4.14. The van der Waals surface area contributed by atoms with Crippen molar-refractivity contribution in [3.8, 4) is 5.88 Å². The van der Waals surface area contributed by atoms with Gasteiger partial charge in [0, 0.05) is 12.6 Å². The van der Waals surface area contributed by atoms with E-state index >= 15 is 0 Å². The average Bonchev–Trinajstić information content (AvgIpc) is 3.11. The van der Waals surface area contributed by atoms with Gasteiger partial charge in [0.05, 0.1) is 41.2 Å². The number of benzene rings is 1. The third-order valence-corrected chi connectivity index (χ3v) is 5.85. The molecule has 2 N–H and O–H groups in total. The van der Waals surface area contributed by atoms with E-state index in [1.807, 2.05) is 4.72 Å². The van der Waals surface area contributed by atoms with Crippen LogP contribution >= 0.6 is 11.6 Å². The minimum atomic E-state index is -3.98. The number of alkyl halides is 1. The quantitative estimate of drug-likeness (QED) is 0.475. The molecule has 3 aromatic rings. The normalized spacial score (nSPS) is 11.6. The van der Waals surface area contributed by atoms with Crippen molar-refractivity contribution < 1.29 is 26.7 Å². The van der Waals surface area contributed by atoms with Crippen LogP contribution in [0.5, 0.6) is 5.88 Å². The molecule has 12 heteroatoms. The fraction of sp³-hybridized carbons (Fsp3) is 0.278. The molecule has 0 fully saturated rings. The van der Waals surface area contributed by atoms with E-state index < -0.39 is 45.3 Å². The van der Waals surface area contributed by atoms with Gasteiger partial charge in [-0.2, -0.15) is 0 Å². The highest BCUT2D eigenvalue weighted by atomic mass is 35.5. The van der Waals surface area contributed by atoms with E-state index in [0.29, 0.717) is 22.5 Å². The van der Waals surface area contributed by atoms with Gasteiger partial charge >= 0.3 is 0 Å². The van der Waals surface area contributed by atoms with Crippen molar-refractivity contribution in [1.82, 2.24) is 15.2 Å². The molecule has 0 amide bonds. The molecule has 8 nitrogen and oxygen atoms in total. The number of Topliss-reactive ketones (excluding diaryl/α,β-unsaturated/α-hetero) is 1. The van der Waals surface area contributed by atoms with Gasteiger partial charge < -0.3 is 4.74 Å². The van der Waals surface area contributed by atoms with Crippen LogP contribution in [0.15, 0.2) is 24.4 Å². The summed E-state index contributed by atoms with van der Waals surface area (Å²) in [6.07, 6.45) is 0.947. The molecule has 30 heavy (non-hydrogen) atoms. The molecule has 0 spiro atoms. The number of ketones is 1. The van der Waals surface area contributed by atoms with Crippen molar-refractivity contribution >= 4 is 44.1 Å². The molecule has 0 saturated carbocycles. The molecule has 3 rings (SSSR count). The molecule has 160 valence electrons. The van der Waals surface area contributed by atoms with Gasteiger partial charge in [-0.25, -0.2) is 17.8 Å². The van der Waals surface area contributed by atoms with Gasteiger partial charge in [0.1, 0.15) is 0 Å². The van der Waals surface area contributed by atoms with Gasteiger partial charge in [0.2, 0.25) is 15.9 Å². The first-order valence-electron chi connectivity index (χ1n) is 8.70. The summed E-state index contributed by atoms with van der Waals surface area (Å²) in [5, 5.41) is 6.97. The Hall–Kier alpha value is -2.79. The molecule has 0 unspecified atom stereocenters. The predicted molar refractivity (Wildman–Crippen MR) is 108 cm³/mol. The lowest BCUT2D eigenvalue weighted by molar-refractivity contribution is 0.0989. The standard InChI is InChI=1S/C18H17ClF2N4O4S/c1-29-18-11-7-10(9-22-17(11)23-24-18)8-14(26)15-12(19)3-4-13(16(15)21)25-30(27,28)6-2-5-20/h3-4,7,9,25H,2,5-6,8H2,1H3,(H,22,23,24). The number of aromatic amines is 1. The molecule has 0 radical (unpaired) electrons. The highest BCUT2D eigenvalue weighted by molar-refractivity contribution is 7.92. The van der Waals surface area contributed by atoms with Gasteiger partial charge in [0.15, 0.2) is 17.2 Å². The van der Waals surface area contributed by atoms with Crippen LogP contribution in [0.3, 0.4) is 0 Å². The van der Waals surface area contributed by atoms with Crippen molar-refractivity contribution in [3.63, 3.8) is 0 Å². The maximum atomic E-state index is 14.9. The first-order valence-corrected chi connectivity index (χ1v) is 10.7. The summed E-state index contributed by atoms with van der Waals surface area (Å²) in [4.78, 5) is 16.9. The zero-order valence-corrected chi connectivity index (χ0v) is 17.3. The number of hydrogen-bond acceptors (Lipinski definition) is 6. The molecular weight excluding hydrogens is 442 g/mol. The topological polar surface area (TPSA) is 114 Å². The summed E-state index contributed by atoms with van der Waals surface area (Å²) < 4.78 is 58.2. The summed E-state index contributed by atoms with van der Waals surface area (Å²) in [5.74, 6) is -2.01. The number of carbonyl (C=O) groups is 1. The number of aromatic nitrogens is 3. The molecule has 1 aromatic carbocycles. The molecule has 2 aromatic heterocycles. The third kappa shape index (κ3) is 4.68. The number of sulfonamides is 1. The van der Waals surface area contributed by atoms with Crippen molar-refractivity contribution in [3.05, 3.63) is 46.4 Å². The van der Waals surface area contributed by atoms with Crippen molar-refractivity contribution in [2.75, 3.05) is 24.3 Å². The summed E-state index contributed by atoms with van der Waals surface area (Å²) >= 11 is 6.00. The van der Waals surface area contributed by atoms with E-state index in [1.165, 1.54) is 19.4 Å². The average molecular weight is 459 g/mol. The second-order valence-corrected chi connectivity index (χ2v) is 8.57. The smallest absolute Gasteiger partial charge is 0.241 e. The van der Waals surface area contributed by atoms with E-state index in [-0.39, 0.29) is 17.9 Å². The third-order valence-electron chi connectivity index (χ3n) is 4.18. The predicted octanol–water partition coefficient (Wildman–Crippen LogP) is 3.29. The Morgan fingerprint density at radius 1 is 1.37 bits per heavy atom. The van der Waals surface area contributed by atoms with Gasteiger partial charge in [-0.3, -0.25) is 19.0 Å². The first kappa shape index (κ1) is 21.9. The number of halogens is 3. The Morgan fingerprint density at radius 2 is 2.13 bits per heavy atom. The number of carbonyl (C=O) groups excluding carboxylic acids is 1. The first-order chi connectivity index (χ1) is 14.3. The zero-order valence-electron chi connectivity index (χ0n) is 15.7. The Labute approximate surface area is 175 Å². The van der Waals surface area contributed by atoms with Crippen LogP contribution in [-0.2, 0) is 16.4 Å². The minimum absolute atomic E-state index is 0.167. The van der Waals surface area contributed by atoms with E-state index in [9.17, 15) is 22.0 Å². The Morgan fingerprint density at radius 3 is 2.83 bits per heavy atom. The molecule has 0 aliphatic carbocycles. The Kier molecular flexibility index (Phi) is 6.52. The van der Waals surface area contributed by atoms with Gasteiger partial charge in [-0.15, -0.1) is 5.10 Å². The number of pyridine rings is 1. The molecule has 0 aliphatic heterocycles. The van der Waals surface area contributed by atoms with E-state index in [0.717, 1.165) is 6.07 Å². The number of ether oxygens (including phenoxy) is 1. The van der Waals surface area contributed by atoms with Crippen LogP contribution < -0.4 is 9.46 Å². The van der Waals surface area contributed by atoms with Crippen LogP contribution in [0.1, 0.15) is 22.3 Å². The number of rotatable bonds is 9. The van der Waals surface area contributed by atoms with E-state index in [1.54, 1.807) is 6.07 Å². The number of anilines is 1. The van der Waals surface area contributed by atoms with Gasteiger partial charge in [0.25, 0.3) is 0 Å².